The second-order valence-electron chi connectivity index (χ2n) is 13.0. The highest BCUT2D eigenvalue weighted by Gasteiger charge is 2.37. The highest BCUT2D eigenvalue weighted by atomic mass is 28.4. The Hall–Kier alpha value is -3.54. The Morgan fingerprint density at radius 1 is 0.766 bits per heavy atom. The van der Waals surface area contributed by atoms with Crippen molar-refractivity contribution in [3.05, 3.63) is 95.1 Å². The molecule has 0 heterocycles. The molecule has 0 aromatic heterocycles. The van der Waals surface area contributed by atoms with E-state index in [1.165, 1.54) is 0 Å². The van der Waals surface area contributed by atoms with Crippen molar-refractivity contribution in [1.82, 2.24) is 10.6 Å². The van der Waals surface area contributed by atoms with E-state index in [-0.39, 0.29) is 37.4 Å². The first-order valence-electron chi connectivity index (χ1n) is 16.3. The molecule has 0 fully saturated rings. The Kier molecular flexibility index (Phi) is 15.6. The number of carbonyl (C=O) groups is 2. The van der Waals surface area contributed by atoms with Gasteiger partial charge in [0.2, 0.25) is 5.91 Å². The standard InChI is InChI=1S/C37H52N2O7Si/c1-37(2,3)47(4,5)46-27-30-13-15-31(16-14-30)33-17-18-34(25-40)32(24-33)12-9-19-38-35(41)28-44-23-22-43-21-20-39-36(42)45-26-29-10-7-6-8-11-29/h6-8,10-11,13-18,24,40H,9,12,19-23,25-28H2,1-5H3,(H,38,41)(H,39,42). The van der Waals surface area contributed by atoms with E-state index in [9.17, 15) is 14.7 Å². The first kappa shape index (κ1) is 37.9. The third kappa shape index (κ3) is 13.6. The largest absolute Gasteiger partial charge is 0.445 e. The summed E-state index contributed by atoms with van der Waals surface area (Å²) in [6.45, 7) is 13.7. The van der Waals surface area contributed by atoms with Crippen molar-refractivity contribution in [1.29, 1.82) is 0 Å². The van der Waals surface area contributed by atoms with Crippen LogP contribution in [0.3, 0.4) is 0 Å². The van der Waals surface area contributed by atoms with Gasteiger partial charge in [0.05, 0.1) is 33.0 Å². The first-order valence-corrected chi connectivity index (χ1v) is 19.2. The van der Waals surface area contributed by atoms with Crippen molar-refractivity contribution < 1.29 is 33.3 Å². The van der Waals surface area contributed by atoms with Gasteiger partial charge in [0, 0.05) is 13.1 Å². The number of nitrogens with one attached hydrogen (secondary N) is 2. The van der Waals surface area contributed by atoms with E-state index in [1.807, 2.05) is 42.5 Å². The second kappa shape index (κ2) is 19.3. The number of alkyl carbamates (subject to hydrolysis) is 1. The second-order valence-corrected chi connectivity index (χ2v) is 17.8. The minimum atomic E-state index is -1.81. The SMILES string of the molecule is CC(C)(C)[Si](C)(C)OCc1ccc(-c2ccc(CO)c(CCCNC(=O)COCCOCCNC(=O)OCc3ccccc3)c2)cc1. The Morgan fingerprint density at radius 3 is 2.15 bits per heavy atom. The molecule has 0 spiro atoms. The van der Waals surface area contributed by atoms with E-state index in [0.717, 1.165) is 46.2 Å². The number of amides is 2. The van der Waals surface area contributed by atoms with Crippen LogP contribution in [-0.4, -0.2) is 64.9 Å². The number of aliphatic hydroxyl groups is 1. The molecule has 0 saturated carbocycles. The zero-order chi connectivity index (χ0) is 34.1. The lowest BCUT2D eigenvalue weighted by molar-refractivity contribution is -0.126. The number of benzene rings is 3. The third-order valence-corrected chi connectivity index (χ3v) is 12.8. The Labute approximate surface area is 281 Å². The van der Waals surface area contributed by atoms with Crippen molar-refractivity contribution >= 4 is 20.3 Å². The van der Waals surface area contributed by atoms with E-state index in [1.54, 1.807) is 0 Å². The summed E-state index contributed by atoms with van der Waals surface area (Å²) in [5, 5.41) is 15.6. The molecule has 3 rings (SSSR count). The van der Waals surface area contributed by atoms with Gasteiger partial charge in [0.25, 0.3) is 0 Å². The molecule has 256 valence electrons. The van der Waals surface area contributed by atoms with Crippen LogP contribution in [0.25, 0.3) is 11.1 Å². The van der Waals surface area contributed by atoms with Gasteiger partial charge in [-0.3, -0.25) is 4.79 Å². The Balaban J connectivity index is 1.29. The minimum absolute atomic E-state index is 0.0317. The van der Waals surface area contributed by atoms with Crippen molar-refractivity contribution in [3.63, 3.8) is 0 Å². The zero-order valence-corrected chi connectivity index (χ0v) is 29.6. The fourth-order valence-corrected chi connectivity index (χ4v) is 5.37. The Bertz CT molecular complexity index is 1380. The molecule has 0 bridgehead atoms. The van der Waals surface area contributed by atoms with Crippen molar-refractivity contribution in [3.8, 4) is 11.1 Å². The zero-order valence-electron chi connectivity index (χ0n) is 28.6. The lowest BCUT2D eigenvalue weighted by atomic mass is 9.96. The van der Waals surface area contributed by atoms with Gasteiger partial charge in [-0.1, -0.05) is 93.6 Å². The van der Waals surface area contributed by atoms with Crippen LogP contribution in [0.4, 0.5) is 4.79 Å². The maximum absolute atomic E-state index is 12.2. The van der Waals surface area contributed by atoms with E-state index in [2.05, 4.69) is 74.8 Å². The van der Waals surface area contributed by atoms with Gasteiger partial charge in [0.1, 0.15) is 13.2 Å². The first-order chi connectivity index (χ1) is 22.5. The molecule has 3 aromatic rings. The van der Waals surface area contributed by atoms with E-state index >= 15 is 0 Å². The summed E-state index contributed by atoms with van der Waals surface area (Å²) < 4.78 is 22.3. The molecule has 0 aliphatic rings. The fraction of sp³-hybridized carbons (Fsp3) is 0.459. The van der Waals surface area contributed by atoms with Gasteiger partial charge < -0.3 is 34.4 Å². The number of carbonyl (C=O) groups excluding carboxylic acids is 2. The highest BCUT2D eigenvalue weighted by molar-refractivity contribution is 6.74. The number of aryl methyl sites for hydroxylation is 1. The molecule has 0 unspecified atom stereocenters. The van der Waals surface area contributed by atoms with Gasteiger partial charge in [-0.25, -0.2) is 4.79 Å². The van der Waals surface area contributed by atoms with Crippen molar-refractivity contribution in [2.45, 2.75) is 71.6 Å². The number of hydrogen-bond acceptors (Lipinski definition) is 7. The smallest absolute Gasteiger partial charge is 0.407 e. The molecule has 0 atom stereocenters. The molecule has 3 aromatic carbocycles. The van der Waals surface area contributed by atoms with Crippen molar-refractivity contribution in [2.24, 2.45) is 0 Å². The maximum Gasteiger partial charge on any atom is 0.407 e. The maximum atomic E-state index is 12.2. The third-order valence-electron chi connectivity index (χ3n) is 8.35. The molecular weight excluding hydrogens is 613 g/mol. The monoisotopic (exact) mass is 664 g/mol. The van der Waals surface area contributed by atoms with Gasteiger partial charge in [-0.15, -0.1) is 0 Å². The minimum Gasteiger partial charge on any atom is -0.445 e. The molecule has 10 heteroatoms. The lowest BCUT2D eigenvalue weighted by Crippen LogP contribution is -2.40. The van der Waals surface area contributed by atoms with Crippen LogP contribution in [0.2, 0.25) is 18.1 Å². The summed E-state index contributed by atoms with van der Waals surface area (Å²) in [5.41, 5.74) is 6.23. The van der Waals surface area contributed by atoms with Crippen molar-refractivity contribution in [2.75, 3.05) is 39.5 Å². The molecular formula is C37H52N2O7Si. The van der Waals surface area contributed by atoms with E-state index in [4.69, 9.17) is 18.6 Å². The predicted molar refractivity (Wildman–Crippen MR) is 187 cm³/mol. The number of aliphatic hydroxyl groups excluding tert-OH is 1. The summed E-state index contributed by atoms with van der Waals surface area (Å²) in [4.78, 5) is 23.9. The summed E-state index contributed by atoms with van der Waals surface area (Å²) in [5.74, 6) is -0.193. The fourth-order valence-electron chi connectivity index (χ4n) is 4.41. The summed E-state index contributed by atoms with van der Waals surface area (Å²) >= 11 is 0. The number of ether oxygens (including phenoxy) is 3. The average Bonchev–Trinajstić information content (AvgIpc) is 3.06. The van der Waals surface area contributed by atoms with Gasteiger partial charge in [-0.2, -0.15) is 0 Å². The van der Waals surface area contributed by atoms with Gasteiger partial charge in [-0.05, 0) is 64.4 Å². The molecule has 0 saturated heterocycles. The number of rotatable bonds is 19. The topological polar surface area (TPSA) is 115 Å². The predicted octanol–water partition coefficient (Wildman–Crippen LogP) is 6.38. The van der Waals surface area contributed by atoms with Crippen LogP contribution in [0.15, 0.2) is 72.8 Å². The quantitative estimate of drug-likeness (QED) is 0.101. The summed E-state index contributed by atoms with van der Waals surface area (Å²) in [7, 11) is -1.81. The van der Waals surface area contributed by atoms with E-state index < -0.39 is 14.4 Å². The van der Waals surface area contributed by atoms with Crippen LogP contribution in [0.5, 0.6) is 0 Å². The van der Waals surface area contributed by atoms with Crippen LogP contribution in [0, 0.1) is 0 Å². The van der Waals surface area contributed by atoms with E-state index in [0.29, 0.717) is 32.9 Å². The molecule has 2 amide bonds. The molecule has 0 aliphatic heterocycles. The average molecular weight is 665 g/mol. The van der Waals surface area contributed by atoms with Crippen LogP contribution >= 0.6 is 0 Å². The van der Waals surface area contributed by atoms with Gasteiger partial charge in [0.15, 0.2) is 8.32 Å². The molecule has 47 heavy (non-hydrogen) atoms. The Morgan fingerprint density at radius 2 is 1.45 bits per heavy atom. The molecule has 9 nitrogen and oxygen atoms in total. The highest BCUT2D eigenvalue weighted by Crippen LogP contribution is 2.37. The van der Waals surface area contributed by atoms with Crippen LogP contribution < -0.4 is 10.6 Å². The lowest BCUT2D eigenvalue weighted by Gasteiger charge is -2.36. The molecule has 0 radical (unpaired) electrons. The summed E-state index contributed by atoms with van der Waals surface area (Å²) in [6.07, 6.45) is 0.958. The van der Waals surface area contributed by atoms with Crippen LogP contribution in [0.1, 0.15) is 49.4 Å². The summed E-state index contributed by atoms with van der Waals surface area (Å²) in [6, 6.07) is 24.1. The molecule has 0 aliphatic carbocycles. The normalized spacial score (nSPS) is 11.7. The van der Waals surface area contributed by atoms with Gasteiger partial charge >= 0.3 is 6.09 Å². The number of hydrogen-bond donors (Lipinski definition) is 3. The van der Waals surface area contributed by atoms with Crippen LogP contribution in [-0.2, 0) is 49.7 Å². The molecule has 3 N–H and O–H groups in total.